The molecule has 0 radical (unpaired) electrons. The zero-order chi connectivity index (χ0) is 17.6. The van der Waals surface area contributed by atoms with Crippen LogP contribution >= 0.6 is 0 Å². The number of aromatic nitrogens is 1. The van der Waals surface area contributed by atoms with Gasteiger partial charge in [-0.1, -0.05) is 18.2 Å². The molecule has 2 aliphatic rings. The number of alkyl halides is 2. The lowest BCUT2D eigenvalue weighted by atomic mass is 10.0. The van der Waals surface area contributed by atoms with E-state index in [1.165, 1.54) is 10.8 Å². The Kier molecular flexibility index (Phi) is 4.23. The smallest absolute Gasteiger partial charge is 0.340 e. The molecule has 1 aromatic carbocycles. The van der Waals surface area contributed by atoms with Gasteiger partial charge in [-0.2, -0.15) is 0 Å². The second-order valence-corrected chi connectivity index (χ2v) is 7.15. The number of hydrogen-bond acceptors (Lipinski definition) is 3. The summed E-state index contributed by atoms with van der Waals surface area (Å²) in [5.41, 5.74) is 1.01. The molecule has 4 rings (SSSR count). The molecule has 0 saturated carbocycles. The van der Waals surface area contributed by atoms with Crippen LogP contribution < -0.4 is 0 Å². The van der Waals surface area contributed by atoms with Gasteiger partial charge in [0.15, 0.2) is 0 Å². The van der Waals surface area contributed by atoms with Crippen molar-refractivity contribution in [3.63, 3.8) is 0 Å². The highest BCUT2D eigenvalue weighted by molar-refractivity contribution is 6.04. The van der Waals surface area contributed by atoms with Gasteiger partial charge in [0.1, 0.15) is 6.10 Å². The summed E-state index contributed by atoms with van der Waals surface area (Å²) in [6.07, 6.45) is 2.97. The fourth-order valence-corrected chi connectivity index (χ4v) is 4.38. The fraction of sp³-hybridized carbons (Fsp3) is 0.526. The van der Waals surface area contributed by atoms with Crippen molar-refractivity contribution in [2.75, 3.05) is 7.05 Å². The first-order valence-electron chi connectivity index (χ1n) is 8.82. The molecule has 1 aromatic heterocycles. The molecule has 0 N–H and O–H groups in total. The lowest BCUT2D eigenvalue weighted by molar-refractivity contribution is -0.000317. The van der Waals surface area contributed by atoms with Crippen LogP contribution in [0.3, 0.4) is 0 Å². The summed E-state index contributed by atoms with van der Waals surface area (Å²) in [5.74, 6) is -0.404. The fourth-order valence-electron chi connectivity index (χ4n) is 4.38. The number of ether oxygens (including phenoxy) is 1. The number of fused-ring (bicyclic) bond motifs is 3. The molecular formula is C19H22F2N2O2. The van der Waals surface area contributed by atoms with Gasteiger partial charge in [0, 0.05) is 42.0 Å². The molecule has 2 aromatic rings. The molecule has 2 aliphatic heterocycles. The molecule has 0 aliphatic carbocycles. The van der Waals surface area contributed by atoms with Crippen molar-refractivity contribution in [3.05, 3.63) is 36.0 Å². The molecule has 0 spiro atoms. The van der Waals surface area contributed by atoms with Crippen molar-refractivity contribution in [1.82, 2.24) is 9.47 Å². The first kappa shape index (κ1) is 16.5. The average molecular weight is 348 g/mol. The first-order valence-corrected chi connectivity index (χ1v) is 8.82. The monoisotopic (exact) mass is 348 g/mol. The van der Waals surface area contributed by atoms with Gasteiger partial charge in [-0.05, 0) is 26.0 Å². The van der Waals surface area contributed by atoms with Crippen molar-refractivity contribution >= 4 is 16.9 Å². The SMILES string of the molecule is CN1[C@@H]2CC[C@H]1CC(OC(=O)c1cn(CC(F)F)c3ccccc13)C2. The van der Waals surface area contributed by atoms with Gasteiger partial charge < -0.3 is 14.2 Å². The Morgan fingerprint density at radius 3 is 2.60 bits per heavy atom. The van der Waals surface area contributed by atoms with Gasteiger partial charge in [0.25, 0.3) is 6.43 Å². The highest BCUT2D eigenvalue weighted by atomic mass is 19.3. The predicted molar refractivity (Wildman–Crippen MR) is 91.0 cm³/mol. The highest BCUT2D eigenvalue weighted by Crippen LogP contribution is 2.36. The van der Waals surface area contributed by atoms with Crippen molar-refractivity contribution in [1.29, 1.82) is 0 Å². The van der Waals surface area contributed by atoms with Crippen LogP contribution in [0, 0.1) is 0 Å². The number of nitrogens with zero attached hydrogens (tertiary/aromatic N) is 2. The molecular weight excluding hydrogens is 326 g/mol. The van der Waals surface area contributed by atoms with Crippen molar-refractivity contribution in [2.24, 2.45) is 0 Å². The first-order chi connectivity index (χ1) is 12.0. The summed E-state index contributed by atoms with van der Waals surface area (Å²) in [7, 11) is 2.14. The molecule has 2 saturated heterocycles. The molecule has 3 atom stereocenters. The van der Waals surface area contributed by atoms with Crippen LogP contribution in [0.1, 0.15) is 36.0 Å². The molecule has 6 heteroatoms. The Balaban J connectivity index is 1.56. The number of carbonyl (C=O) groups is 1. The van der Waals surface area contributed by atoms with Crippen molar-refractivity contribution < 1.29 is 18.3 Å². The lowest BCUT2D eigenvalue weighted by Gasteiger charge is -2.35. The van der Waals surface area contributed by atoms with Gasteiger partial charge in [-0.25, -0.2) is 13.6 Å². The summed E-state index contributed by atoms with van der Waals surface area (Å²) < 4.78 is 32.8. The minimum atomic E-state index is -2.47. The highest BCUT2D eigenvalue weighted by Gasteiger charge is 2.40. The normalized spacial score (nSPS) is 26.5. The van der Waals surface area contributed by atoms with E-state index in [0.717, 1.165) is 25.7 Å². The minimum absolute atomic E-state index is 0.0848. The van der Waals surface area contributed by atoms with Crippen molar-refractivity contribution in [2.45, 2.75) is 56.8 Å². The standard InChI is InChI=1S/C19H22F2N2O2/c1-22-12-6-7-13(22)9-14(8-12)25-19(24)16-10-23(11-18(20)21)17-5-3-2-4-15(16)17/h2-5,10,12-14,18H,6-9,11H2,1H3/t12-,13+,14?. The number of benzene rings is 1. The van der Waals surface area contributed by atoms with E-state index in [1.54, 1.807) is 18.2 Å². The maximum Gasteiger partial charge on any atom is 0.340 e. The third-order valence-electron chi connectivity index (χ3n) is 5.67. The largest absolute Gasteiger partial charge is 0.459 e. The van der Waals surface area contributed by atoms with E-state index in [2.05, 4.69) is 11.9 Å². The van der Waals surface area contributed by atoms with Crippen LogP contribution in [0.2, 0.25) is 0 Å². The van der Waals surface area contributed by atoms with Gasteiger partial charge >= 0.3 is 5.97 Å². The zero-order valence-corrected chi connectivity index (χ0v) is 14.2. The molecule has 0 amide bonds. The number of halogens is 2. The average Bonchev–Trinajstić information content (AvgIpc) is 3.01. The van der Waals surface area contributed by atoms with Crippen LogP contribution in [0.5, 0.6) is 0 Å². The van der Waals surface area contributed by atoms with E-state index in [-0.39, 0.29) is 6.10 Å². The van der Waals surface area contributed by atoms with Crippen LogP contribution in [0.25, 0.3) is 10.9 Å². The maximum absolute atomic E-state index is 12.8. The van der Waals surface area contributed by atoms with Crippen LogP contribution in [0.15, 0.2) is 30.5 Å². The summed E-state index contributed by atoms with van der Waals surface area (Å²) >= 11 is 0. The van der Waals surface area contributed by atoms with E-state index in [1.807, 2.05) is 6.07 Å². The van der Waals surface area contributed by atoms with Gasteiger partial charge in [0.2, 0.25) is 0 Å². The number of rotatable bonds is 4. The number of piperidine rings is 1. The van der Waals surface area contributed by atoms with E-state index in [4.69, 9.17) is 4.74 Å². The molecule has 4 nitrogen and oxygen atoms in total. The minimum Gasteiger partial charge on any atom is -0.459 e. The van der Waals surface area contributed by atoms with Crippen LogP contribution in [0.4, 0.5) is 8.78 Å². The predicted octanol–water partition coefficient (Wildman–Crippen LogP) is 3.69. The Morgan fingerprint density at radius 2 is 1.92 bits per heavy atom. The van der Waals surface area contributed by atoms with E-state index in [9.17, 15) is 13.6 Å². The van der Waals surface area contributed by atoms with E-state index < -0.39 is 18.9 Å². The second kappa shape index (κ2) is 6.41. The Hall–Kier alpha value is -1.95. The summed E-state index contributed by atoms with van der Waals surface area (Å²) in [6, 6.07) is 8.10. The molecule has 3 heterocycles. The third-order valence-corrected chi connectivity index (χ3v) is 5.67. The summed E-state index contributed by atoms with van der Waals surface area (Å²) in [4.78, 5) is 15.1. The molecule has 2 bridgehead atoms. The van der Waals surface area contributed by atoms with Crippen LogP contribution in [-0.2, 0) is 11.3 Å². The summed E-state index contributed by atoms with van der Waals surface area (Å²) in [5, 5.41) is 0.670. The van der Waals surface area contributed by atoms with E-state index in [0.29, 0.717) is 28.6 Å². The Morgan fingerprint density at radius 1 is 1.24 bits per heavy atom. The van der Waals surface area contributed by atoms with Crippen molar-refractivity contribution in [3.8, 4) is 0 Å². The van der Waals surface area contributed by atoms with Gasteiger partial charge in [-0.3, -0.25) is 0 Å². The number of para-hydroxylation sites is 1. The number of hydrogen-bond donors (Lipinski definition) is 0. The maximum atomic E-state index is 12.8. The molecule has 2 fully saturated rings. The quantitative estimate of drug-likeness (QED) is 0.791. The molecule has 1 unspecified atom stereocenters. The zero-order valence-electron chi connectivity index (χ0n) is 14.2. The van der Waals surface area contributed by atoms with E-state index >= 15 is 0 Å². The lowest BCUT2D eigenvalue weighted by Crippen LogP contribution is -2.43. The Bertz CT molecular complexity index is 775. The number of carbonyl (C=O) groups excluding carboxylic acids is 1. The molecule has 134 valence electrons. The van der Waals surface area contributed by atoms with Crippen LogP contribution in [-0.4, -0.2) is 47.1 Å². The molecule has 25 heavy (non-hydrogen) atoms. The topological polar surface area (TPSA) is 34.5 Å². The summed E-state index contributed by atoms with van der Waals surface area (Å²) in [6.45, 7) is -0.424. The Labute approximate surface area is 145 Å². The number of esters is 1. The third kappa shape index (κ3) is 3.03. The van der Waals surface area contributed by atoms with Gasteiger partial charge in [0.05, 0.1) is 12.1 Å². The second-order valence-electron chi connectivity index (χ2n) is 7.15. The van der Waals surface area contributed by atoms with Gasteiger partial charge in [-0.15, -0.1) is 0 Å².